The fourth-order valence-corrected chi connectivity index (χ4v) is 3.62. The molecule has 0 radical (unpaired) electrons. The number of hydrogen-bond acceptors (Lipinski definition) is 8. The van der Waals surface area contributed by atoms with E-state index in [1.807, 2.05) is 12.2 Å². The monoisotopic (exact) mass is 569 g/mol. The highest BCUT2D eigenvalue weighted by Crippen LogP contribution is 2.38. The van der Waals surface area contributed by atoms with Crippen molar-refractivity contribution in [2.75, 3.05) is 40.3 Å². The zero-order chi connectivity index (χ0) is 30.4. The summed E-state index contributed by atoms with van der Waals surface area (Å²) in [4.78, 5) is 40.0. The van der Waals surface area contributed by atoms with Gasteiger partial charge in [0.2, 0.25) is 17.6 Å². The van der Waals surface area contributed by atoms with Crippen LogP contribution in [0.2, 0.25) is 0 Å². The second kappa shape index (κ2) is 16.0. The van der Waals surface area contributed by atoms with E-state index in [0.717, 1.165) is 23.3 Å². The number of anilines is 1. The van der Waals surface area contributed by atoms with Crippen molar-refractivity contribution in [2.24, 2.45) is 16.5 Å². The van der Waals surface area contributed by atoms with Gasteiger partial charge in [0.25, 0.3) is 0 Å². The van der Waals surface area contributed by atoms with E-state index in [-0.39, 0.29) is 18.9 Å². The summed E-state index contributed by atoms with van der Waals surface area (Å²) in [5.74, 6) is -0.811. The van der Waals surface area contributed by atoms with Crippen molar-refractivity contribution in [1.29, 1.82) is 0 Å². The van der Waals surface area contributed by atoms with Gasteiger partial charge in [-0.05, 0) is 48.2 Å². The van der Waals surface area contributed by atoms with E-state index in [1.165, 1.54) is 28.4 Å². The number of nitrogens with two attached hydrogens (primary N) is 2. The number of hydrogen-bond donors (Lipinski definition) is 5. The predicted octanol–water partition coefficient (Wildman–Crippen LogP) is 2.01. The molecule has 2 rings (SSSR count). The molecule has 41 heavy (non-hydrogen) atoms. The average molecular weight is 570 g/mol. The van der Waals surface area contributed by atoms with Crippen LogP contribution in [0.15, 0.2) is 47.5 Å². The molecule has 0 bridgehead atoms. The molecule has 7 N–H and O–H groups in total. The molecule has 220 valence electrons. The average Bonchev–Trinajstić information content (AvgIpc) is 2.95. The number of rotatable bonds is 15. The lowest BCUT2D eigenvalue weighted by molar-refractivity contribution is -0.141. The van der Waals surface area contributed by atoms with Crippen LogP contribution in [0, 0.1) is 0 Å². The largest absolute Gasteiger partial charge is 0.495 e. The summed E-state index contributed by atoms with van der Waals surface area (Å²) in [5.41, 5.74) is 12.4. The van der Waals surface area contributed by atoms with Crippen LogP contribution in [0.25, 0.3) is 12.2 Å². The maximum absolute atomic E-state index is 12.5. The van der Waals surface area contributed by atoms with Crippen LogP contribution in [0.5, 0.6) is 23.0 Å². The number of carboxylic acids is 1. The van der Waals surface area contributed by atoms with Crippen LogP contribution < -0.4 is 41.0 Å². The molecular weight excluding hydrogens is 534 g/mol. The first-order chi connectivity index (χ1) is 19.6. The summed E-state index contributed by atoms with van der Waals surface area (Å²) in [5, 5.41) is 14.3. The third kappa shape index (κ3) is 10.1. The Bertz CT molecular complexity index is 1290. The Morgan fingerprint density at radius 1 is 0.878 bits per heavy atom. The zero-order valence-electron chi connectivity index (χ0n) is 23.3. The molecule has 0 spiro atoms. The molecule has 13 nitrogen and oxygen atoms in total. The van der Waals surface area contributed by atoms with E-state index in [9.17, 15) is 19.5 Å². The molecule has 2 aromatic rings. The minimum Gasteiger partial charge on any atom is -0.495 e. The molecule has 0 heterocycles. The van der Waals surface area contributed by atoms with E-state index in [1.54, 1.807) is 30.3 Å². The van der Waals surface area contributed by atoms with Crippen molar-refractivity contribution in [2.45, 2.75) is 18.9 Å². The molecule has 0 saturated heterocycles. The first kappa shape index (κ1) is 32.0. The fraction of sp³-hybridized carbons (Fsp3) is 0.286. The summed E-state index contributed by atoms with van der Waals surface area (Å²) < 4.78 is 21.5. The molecule has 0 aromatic heterocycles. The van der Waals surface area contributed by atoms with Crippen molar-refractivity contribution in [3.8, 4) is 23.0 Å². The van der Waals surface area contributed by atoms with Gasteiger partial charge in [-0.15, -0.1) is 0 Å². The van der Waals surface area contributed by atoms with Gasteiger partial charge in [-0.25, -0.2) is 4.79 Å². The molecule has 13 heteroatoms. The number of nitrogens with zero attached hydrogens (tertiary/aromatic N) is 1. The predicted molar refractivity (Wildman–Crippen MR) is 155 cm³/mol. The summed E-state index contributed by atoms with van der Waals surface area (Å²) in [6, 6.07) is 7.58. The van der Waals surface area contributed by atoms with Crippen LogP contribution in [-0.2, 0) is 14.4 Å². The number of benzene rings is 2. The van der Waals surface area contributed by atoms with Crippen LogP contribution in [0.3, 0.4) is 0 Å². The van der Waals surface area contributed by atoms with Crippen LogP contribution in [-0.4, -0.2) is 69.9 Å². The Labute approximate surface area is 237 Å². The molecule has 1 atom stereocenters. The number of carbonyl (C=O) groups is 3. The molecule has 0 aliphatic carbocycles. The van der Waals surface area contributed by atoms with E-state index in [4.69, 9.17) is 30.4 Å². The second-order valence-corrected chi connectivity index (χ2v) is 8.42. The zero-order valence-corrected chi connectivity index (χ0v) is 23.3. The van der Waals surface area contributed by atoms with Crippen molar-refractivity contribution < 1.29 is 38.4 Å². The molecule has 0 aliphatic rings. The highest BCUT2D eigenvalue weighted by atomic mass is 16.5. The number of carbonyl (C=O) groups excluding carboxylic acids is 2. The Morgan fingerprint density at radius 2 is 1.49 bits per heavy atom. The van der Waals surface area contributed by atoms with Gasteiger partial charge in [0, 0.05) is 18.7 Å². The second-order valence-electron chi connectivity index (χ2n) is 8.42. The summed E-state index contributed by atoms with van der Waals surface area (Å²) in [6.45, 7) is 0.221. The minimum atomic E-state index is -1.22. The number of aliphatic imine (C=N–C) groups is 1. The number of methoxy groups -OCH3 is 4. The Balaban J connectivity index is 2.11. The van der Waals surface area contributed by atoms with Gasteiger partial charge in [0.1, 0.15) is 11.8 Å². The van der Waals surface area contributed by atoms with Crippen molar-refractivity contribution in [1.82, 2.24) is 5.32 Å². The lowest BCUT2D eigenvalue weighted by atomic mass is 10.1. The van der Waals surface area contributed by atoms with Crippen LogP contribution >= 0.6 is 0 Å². The normalized spacial score (nSPS) is 11.5. The first-order valence-corrected chi connectivity index (χ1v) is 12.4. The number of aliphatic carboxylic acids is 1. The number of ether oxygens (including phenoxy) is 4. The Hall–Kier alpha value is -5.20. The maximum atomic E-state index is 12.5. The molecule has 0 unspecified atom stereocenters. The van der Waals surface area contributed by atoms with Gasteiger partial charge in [0.05, 0.1) is 34.1 Å². The molecule has 2 aromatic carbocycles. The van der Waals surface area contributed by atoms with Gasteiger partial charge in [-0.3, -0.25) is 14.6 Å². The Kier molecular flexibility index (Phi) is 12.5. The van der Waals surface area contributed by atoms with Crippen molar-refractivity contribution >= 4 is 41.6 Å². The van der Waals surface area contributed by atoms with Gasteiger partial charge in [-0.2, -0.15) is 0 Å². The number of amides is 2. The first-order valence-electron chi connectivity index (χ1n) is 12.4. The smallest absolute Gasteiger partial charge is 0.326 e. The quantitative estimate of drug-likeness (QED) is 0.0695. The molecular formula is C28H35N5O8. The number of guanidine groups is 1. The van der Waals surface area contributed by atoms with E-state index in [0.29, 0.717) is 35.1 Å². The highest BCUT2D eigenvalue weighted by Gasteiger charge is 2.18. The van der Waals surface area contributed by atoms with Gasteiger partial charge in [0.15, 0.2) is 17.5 Å². The Morgan fingerprint density at radius 3 is 2.05 bits per heavy atom. The summed E-state index contributed by atoms with van der Waals surface area (Å²) >= 11 is 0. The molecule has 0 aliphatic heterocycles. The minimum absolute atomic E-state index is 0.103. The number of nitrogens with one attached hydrogen (secondary N) is 2. The lowest BCUT2D eigenvalue weighted by Gasteiger charge is -2.13. The molecule has 2 amide bonds. The van der Waals surface area contributed by atoms with Gasteiger partial charge in [-0.1, -0.05) is 18.2 Å². The van der Waals surface area contributed by atoms with E-state index < -0.39 is 23.8 Å². The summed E-state index contributed by atoms with van der Waals surface area (Å²) in [6.07, 6.45) is 6.03. The van der Waals surface area contributed by atoms with Gasteiger partial charge >= 0.3 is 5.97 Å². The summed E-state index contributed by atoms with van der Waals surface area (Å²) in [7, 11) is 6.04. The van der Waals surface area contributed by atoms with Crippen molar-refractivity contribution in [3.63, 3.8) is 0 Å². The third-order valence-electron chi connectivity index (χ3n) is 5.58. The van der Waals surface area contributed by atoms with Gasteiger partial charge < -0.3 is 46.2 Å². The number of carboxylic acid groups (broad SMARTS) is 1. The topological polar surface area (TPSA) is 197 Å². The fourth-order valence-electron chi connectivity index (χ4n) is 3.62. The van der Waals surface area contributed by atoms with E-state index >= 15 is 0 Å². The van der Waals surface area contributed by atoms with Crippen molar-refractivity contribution in [3.05, 3.63) is 53.6 Å². The maximum Gasteiger partial charge on any atom is 0.326 e. The van der Waals surface area contributed by atoms with Crippen LogP contribution in [0.1, 0.15) is 24.0 Å². The third-order valence-corrected chi connectivity index (χ3v) is 5.58. The van der Waals surface area contributed by atoms with Crippen LogP contribution in [0.4, 0.5) is 5.69 Å². The SMILES string of the molecule is COc1ccc(/C=C\c2cc(OC)c(OC)c(OC)c2)cc1NC(=O)/C=C/C(=O)N[C@@H](CCCN=C(N)N)C(=O)O. The van der Waals surface area contributed by atoms with E-state index in [2.05, 4.69) is 15.6 Å². The molecule has 0 fully saturated rings. The molecule has 0 saturated carbocycles. The lowest BCUT2D eigenvalue weighted by Crippen LogP contribution is -2.40. The standard InChI is InChI=1S/C28H35N5O8/c1-38-21-10-9-17(7-8-18-15-22(39-2)26(41-4)23(16-18)40-3)14-20(21)33-25(35)12-11-24(34)32-19(27(36)37)6-5-13-31-28(29)30/h7-12,14-16,19H,5-6,13H2,1-4H3,(H,32,34)(H,33,35)(H,36,37)(H4,29,30,31)/b8-7-,12-11+/t19-/m0/s1. The highest BCUT2D eigenvalue weighted by molar-refractivity contribution is 6.04.